The Morgan fingerprint density at radius 2 is 1.93 bits per heavy atom. The average Bonchev–Trinajstić information content (AvgIpc) is 2.19. The van der Waals surface area contributed by atoms with Gasteiger partial charge in [-0.15, -0.1) is 0 Å². The second-order valence-corrected chi connectivity index (χ2v) is 4.38. The van der Waals surface area contributed by atoms with Crippen LogP contribution in [0.4, 0.5) is 0 Å². The smallest absolute Gasteiger partial charge is 0.0661 e. The maximum absolute atomic E-state index is 5.92. The summed E-state index contributed by atoms with van der Waals surface area (Å²) in [7, 11) is 2.07. The molecule has 2 nitrogen and oxygen atoms in total. The summed E-state index contributed by atoms with van der Waals surface area (Å²) in [5.74, 6) is 0. The third kappa shape index (κ3) is 1.82. The maximum Gasteiger partial charge on any atom is 0.0661 e. The summed E-state index contributed by atoms with van der Waals surface area (Å²) in [4.78, 5) is 0. The van der Waals surface area contributed by atoms with Crippen molar-refractivity contribution in [3.8, 4) is 0 Å². The molecule has 0 aromatic rings. The Morgan fingerprint density at radius 3 is 2.36 bits per heavy atom. The molecule has 1 rings (SSSR count). The van der Waals surface area contributed by atoms with E-state index in [4.69, 9.17) is 4.74 Å². The van der Waals surface area contributed by atoms with Gasteiger partial charge in [0, 0.05) is 18.1 Å². The van der Waals surface area contributed by atoms with Crippen LogP contribution in [0.3, 0.4) is 0 Å². The van der Waals surface area contributed by atoms with E-state index in [9.17, 15) is 0 Å². The first kappa shape index (κ1) is 12.0. The van der Waals surface area contributed by atoms with Crippen LogP contribution >= 0.6 is 0 Å². The monoisotopic (exact) mass is 199 g/mol. The minimum Gasteiger partial charge on any atom is -0.378 e. The van der Waals surface area contributed by atoms with E-state index in [2.05, 4.69) is 33.1 Å². The molecule has 1 N–H and O–H groups in total. The first-order valence-corrected chi connectivity index (χ1v) is 6.04. The second kappa shape index (κ2) is 5.13. The molecule has 1 fully saturated rings. The molecule has 84 valence electrons. The molecule has 1 aliphatic carbocycles. The largest absolute Gasteiger partial charge is 0.378 e. The van der Waals surface area contributed by atoms with Crippen LogP contribution in [0.1, 0.15) is 46.5 Å². The lowest BCUT2D eigenvalue weighted by molar-refractivity contribution is -0.138. The van der Waals surface area contributed by atoms with E-state index in [1.54, 1.807) is 0 Å². The lowest BCUT2D eigenvalue weighted by Crippen LogP contribution is -2.62. The van der Waals surface area contributed by atoms with Gasteiger partial charge in [-0.05, 0) is 32.7 Å². The lowest BCUT2D eigenvalue weighted by atomic mass is 9.58. The van der Waals surface area contributed by atoms with Crippen LogP contribution in [0, 0.1) is 5.41 Å². The Bertz CT molecular complexity index is 164. The molecule has 0 heterocycles. The summed E-state index contributed by atoms with van der Waals surface area (Å²) in [6.45, 7) is 7.67. The fourth-order valence-electron chi connectivity index (χ4n) is 2.84. The molecule has 0 saturated heterocycles. The predicted molar refractivity (Wildman–Crippen MR) is 60.5 cm³/mol. The van der Waals surface area contributed by atoms with Crippen LogP contribution in [0.2, 0.25) is 0 Å². The summed E-state index contributed by atoms with van der Waals surface area (Å²) in [6, 6.07) is 0.666. The van der Waals surface area contributed by atoms with Crippen molar-refractivity contribution in [3.05, 3.63) is 0 Å². The van der Waals surface area contributed by atoms with Gasteiger partial charge in [-0.25, -0.2) is 0 Å². The van der Waals surface area contributed by atoms with Gasteiger partial charge < -0.3 is 10.1 Å². The maximum atomic E-state index is 5.92. The highest BCUT2D eigenvalue weighted by Crippen LogP contribution is 2.48. The average molecular weight is 199 g/mol. The van der Waals surface area contributed by atoms with Crippen LogP contribution in [0.25, 0.3) is 0 Å². The molecule has 2 heteroatoms. The first-order valence-electron chi connectivity index (χ1n) is 6.04. The lowest BCUT2D eigenvalue weighted by Gasteiger charge is -2.55. The highest BCUT2D eigenvalue weighted by molar-refractivity contribution is 5.06. The van der Waals surface area contributed by atoms with Crippen molar-refractivity contribution >= 4 is 0 Å². The van der Waals surface area contributed by atoms with E-state index in [0.717, 1.165) is 13.0 Å². The minimum absolute atomic E-state index is 0.407. The van der Waals surface area contributed by atoms with Gasteiger partial charge in [0.25, 0.3) is 0 Å². The first-order chi connectivity index (χ1) is 6.75. The molecule has 0 aromatic carbocycles. The third-order valence-corrected chi connectivity index (χ3v) is 3.97. The van der Waals surface area contributed by atoms with Gasteiger partial charge >= 0.3 is 0 Å². The zero-order chi connectivity index (χ0) is 10.6. The van der Waals surface area contributed by atoms with Gasteiger partial charge in [0.05, 0.1) is 6.10 Å². The van der Waals surface area contributed by atoms with E-state index >= 15 is 0 Å². The van der Waals surface area contributed by atoms with Crippen molar-refractivity contribution in [3.63, 3.8) is 0 Å². The Labute approximate surface area is 88.4 Å². The van der Waals surface area contributed by atoms with Crippen LogP contribution in [-0.2, 0) is 4.74 Å². The molecule has 0 bridgehead atoms. The van der Waals surface area contributed by atoms with E-state index < -0.39 is 0 Å². The molecule has 0 spiro atoms. The van der Waals surface area contributed by atoms with Gasteiger partial charge in [0.1, 0.15) is 0 Å². The fraction of sp³-hybridized carbons (Fsp3) is 1.00. The van der Waals surface area contributed by atoms with Gasteiger partial charge in [-0.1, -0.05) is 20.8 Å². The predicted octanol–water partition coefficient (Wildman–Crippen LogP) is 2.58. The molecule has 0 aliphatic heterocycles. The van der Waals surface area contributed by atoms with Gasteiger partial charge in [0.2, 0.25) is 0 Å². The molecular weight excluding hydrogens is 174 g/mol. The summed E-state index contributed by atoms with van der Waals surface area (Å²) >= 11 is 0. The van der Waals surface area contributed by atoms with Crippen molar-refractivity contribution in [2.45, 2.75) is 58.6 Å². The quantitative estimate of drug-likeness (QED) is 0.710. The molecule has 1 aliphatic rings. The van der Waals surface area contributed by atoms with Gasteiger partial charge in [-0.2, -0.15) is 0 Å². The van der Waals surface area contributed by atoms with Crippen molar-refractivity contribution in [1.29, 1.82) is 0 Å². The number of rotatable bonds is 6. The van der Waals surface area contributed by atoms with Crippen molar-refractivity contribution < 1.29 is 4.74 Å². The van der Waals surface area contributed by atoms with Crippen LogP contribution < -0.4 is 5.32 Å². The molecule has 0 aromatic heterocycles. The summed E-state index contributed by atoms with van der Waals surface area (Å²) in [6.07, 6.45) is 5.27. The molecule has 0 radical (unpaired) electrons. The summed E-state index contributed by atoms with van der Waals surface area (Å²) in [5, 5.41) is 3.42. The van der Waals surface area contributed by atoms with Gasteiger partial charge in [0.15, 0.2) is 0 Å². The molecule has 2 atom stereocenters. The highest BCUT2D eigenvalue weighted by Gasteiger charge is 2.52. The number of nitrogens with one attached hydrogen (secondary N) is 1. The van der Waals surface area contributed by atoms with E-state index in [-0.39, 0.29) is 0 Å². The van der Waals surface area contributed by atoms with E-state index in [0.29, 0.717) is 17.6 Å². The third-order valence-electron chi connectivity index (χ3n) is 3.97. The zero-order valence-corrected chi connectivity index (χ0v) is 10.1. The van der Waals surface area contributed by atoms with Crippen LogP contribution in [-0.4, -0.2) is 25.8 Å². The zero-order valence-electron chi connectivity index (χ0n) is 10.1. The topological polar surface area (TPSA) is 21.3 Å². The molecule has 2 unspecified atom stereocenters. The Hall–Kier alpha value is -0.0800. The Balaban J connectivity index is 2.53. The summed E-state index contributed by atoms with van der Waals surface area (Å²) < 4.78 is 5.92. The van der Waals surface area contributed by atoms with Crippen molar-refractivity contribution in [2.75, 3.05) is 13.7 Å². The summed E-state index contributed by atoms with van der Waals surface area (Å²) in [5.41, 5.74) is 0.407. The van der Waals surface area contributed by atoms with Crippen molar-refractivity contribution in [2.24, 2.45) is 5.41 Å². The fourth-order valence-corrected chi connectivity index (χ4v) is 2.84. The number of hydrogen-bond donors (Lipinski definition) is 1. The van der Waals surface area contributed by atoms with E-state index in [1.807, 2.05) is 0 Å². The standard InChI is InChI=1S/C12H25NO/c1-5-8-14-11-9-10(13-4)12(11,6-2)7-3/h10-11,13H,5-9H2,1-4H3. The van der Waals surface area contributed by atoms with Crippen molar-refractivity contribution in [1.82, 2.24) is 5.32 Å². The Morgan fingerprint density at radius 1 is 1.29 bits per heavy atom. The number of hydrogen-bond acceptors (Lipinski definition) is 2. The second-order valence-electron chi connectivity index (χ2n) is 4.38. The Kier molecular flexibility index (Phi) is 4.39. The van der Waals surface area contributed by atoms with E-state index in [1.165, 1.54) is 19.3 Å². The molecular formula is C12H25NO. The minimum atomic E-state index is 0.407. The van der Waals surface area contributed by atoms with Gasteiger partial charge in [-0.3, -0.25) is 0 Å². The molecule has 14 heavy (non-hydrogen) atoms. The van der Waals surface area contributed by atoms with Crippen LogP contribution in [0.5, 0.6) is 0 Å². The number of ether oxygens (including phenoxy) is 1. The highest BCUT2D eigenvalue weighted by atomic mass is 16.5. The SMILES string of the molecule is CCCOC1CC(NC)C1(CC)CC. The molecule has 0 amide bonds. The van der Waals surface area contributed by atoms with Crippen LogP contribution in [0.15, 0.2) is 0 Å². The normalized spacial score (nSPS) is 30.0. The molecule has 1 saturated carbocycles.